The maximum absolute atomic E-state index is 13.2. The number of rotatable bonds is 8. The molecule has 6 heteroatoms. The minimum atomic E-state index is -3.81. The summed E-state index contributed by atoms with van der Waals surface area (Å²) < 4.78 is 40.6. The van der Waals surface area contributed by atoms with Crippen molar-refractivity contribution in [2.45, 2.75) is 11.3 Å². The number of benzene rings is 5. The van der Waals surface area contributed by atoms with E-state index < -0.39 is 10.0 Å². The molecule has 0 unspecified atom stereocenters. The van der Waals surface area contributed by atoms with Gasteiger partial charge in [-0.1, -0.05) is 78.9 Å². The van der Waals surface area contributed by atoms with Crippen LogP contribution in [0.15, 0.2) is 108 Å². The second kappa shape index (κ2) is 9.68. The quantitative estimate of drug-likeness (QED) is 0.276. The van der Waals surface area contributed by atoms with Crippen LogP contribution in [-0.2, 0) is 16.4 Å². The summed E-state index contributed by atoms with van der Waals surface area (Å²) in [6, 6.07) is 32.2. The SMILES string of the molecule is COc1ccc(NS(=O)(=O)c2cccc3ccccc23)cc1OCCc1cccc2ccccc12. The first-order chi connectivity index (χ1) is 17.0. The van der Waals surface area contributed by atoms with Gasteiger partial charge in [-0.3, -0.25) is 4.72 Å². The molecule has 176 valence electrons. The van der Waals surface area contributed by atoms with Gasteiger partial charge in [0, 0.05) is 17.9 Å². The van der Waals surface area contributed by atoms with Crippen molar-refractivity contribution < 1.29 is 17.9 Å². The fraction of sp³-hybridized carbons (Fsp3) is 0.103. The molecule has 0 saturated carbocycles. The number of ether oxygens (including phenoxy) is 2. The first-order valence-electron chi connectivity index (χ1n) is 11.3. The molecule has 5 aromatic carbocycles. The molecule has 5 rings (SSSR count). The van der Waals surface area contributed by atoms with Crippen molar-refractivity contribution in [2.24, 2.45) is 0 Å². The highest BCUT2D eigenvalue weighted by Gasteiger charge is 2.18. The molecule has 0 aliphatic heterocycles. The van der Waals surface area contributed by atoms with Crippen molar-refractivity contribution in [2.75, 3.05) is 18.4 Å². The van der Waals surface area contributed by atoms with Crippen LogP contribution in [0.4, 0.5) is 5.69 Å². The average Bonchev–Trinajstić information content (AvgIpc) is 2.88. The van der Waals surface area contributed by atoms with E-state index in [0.717, 1.165) is 5.39 Å². The van der Waals surface area contributed by atoms with Crippen LogP contribution in [0.3, 0.4) is 0 Å². The molecule has 0 atom stereocenters. The summed E-state index contributed by atoms with van der Waals surface area (Å²) in [6.07, 6.45) is 0.705. The number of hydrogen-bond acceptors (Lipinski definition) is 4. The third-order valence-electron chi connectivity index (χ3n) is 5.96. The van der Waals surface area contributed by atoms with Gasteiger partial charge in [0.1, 0.15) is 0 Å². The highest BCUT2D eigenvalue weighted by molar-refractivity contribution is 7.93. The van der Waals surface area contributed by atoms with Crippen LogP contribution in [0.2, 0.25) is 0 Å². The molecule has 5 aromatic rings. The summed E-state index contributed by atoms with van der Waals surface area (Å²) in [5, 5.41) is 3.92. The Labute approximate surface area is 205 Å². The third kappa shape index (κ3) is 4.79. The minimum Gasteiger partial charge on any atom is -0.493 e. The fourth-order valence-electron chi connectivity index (χ4n) is 4.27. The molecular weight excluding hydrogens is 458 g/mol. The molecule has 5 nitrogen and oxygen atoms in total. The van der Waals surface area contributed by atoms with Crippen LogP contribution in [0, 0.1) is 0 Å². The summed E-state index contributed by atoms with van der Waals surface area (Å²) in [5.41, 5.74) is 1.59. The largest absolute Gasteiger partial charge is 0.493 e. The average molecular weight is 484 g/mol. The molecule has 0 saturated heterocycles. The Hall–Kier alpha value is -4.03. The van der Waals surface area contributed by atoms with Gasteiger partial charge in [0.05, 0.1) is 24.3 Å². The number of hydrogen-bond donors (Lipinski definition) is 1. The molecule has 0 amide bonds. The second-order valence-electron chi connectivity index (χ2n) is 8.19. The molecule has 0 aliphatic rings. The van der Waals surface area contributed by atoms with Crippen LogP contribution in [-0.4, -0.2) is 22.1 Å². The van der Waals surface area contributed by atoms with E-state index in [-0.39, 0.29) is 4.90 Å². The first-order valence-corrected chi connectivity index (χ1v) is 12.8. The summed E-state index contributed by atoms with van der Waals surface area (Å²) in [7, 11) is -2.25. The number of anilines is 1. The third-order valence-corrected chi connectivity index (χ3v) is 7.40. The van der Waals surface area contributed by atoms with Gasteiger partial charge in [0.2, 0.25) is 0 Å². The Bertz CT molecular complexity index is 1600. The van der Waals surface area contributed by atoms with Gasteiger partial charge in [-0.25, -0.2) is 8.42 Å². The van der Waals surface area contributed by atoms with Gasteiger partial charge in [-0.2, -0.15) is 0 Å². The van der Waals surface area contributed by atoms with Crippen molar-refractivity contribution in [3.05, 3.63) is 109 Å². The van der Waals surface area contributed by atoms with Crippen molar-refractivity contribution >= 4 is 37.3 Å². The highest BCUT2D eigenvalue weighted by atomic mass is 32.2. The summed E-state index contributed by atoms with van der Waals surface area (Å²) in [4.78, 5) is 0.227. The zero-order chi connectivity index (χ0) is 24.3. The molecular formula is C29H25NO4S. The lowest BCUT2D eigenvalue weighted by Gasteiger charge is -2.15. The van der Waals surface area contributed by atoms with E-state index in [4.69, 9.17) is 9.47 Å². The molecule has 35 heavy (non-hydrogen) atoms. The van der Waals surface area contributed by atoms with E-state index in [1.165, 1.54) is 16.3 Å². The summed E-state index contributed by atoms with van der Waals surface area (Å²) in [6.45, 7) is 0.421. The van der Waals surface area contributed by atoms with Crippen LogP contribution < -0.4 is 14.2 Å². The zero-order valence-electron chi connectivity index (χ0n) is 19.3. The van der Waals surface area contributed by atoms with E-state index in [9.17, 15) is 8.42 Å². The van der Waals surface area contributed by atoms with E-state index in [0.29, 0.717) is 35.6 Å². The number of methoxy groups -OCH3 is 1. The highest BCUT2D eigenvalue weighted by Crippen LogP contribution is 2.32. The number of sulfonamides is 1. The summed E-state index contributed by atoms with van der Waals surface area (Å²) in [5.74, 6) is 1.02. The minimum absolute atomic E-state index is 0.227. The molecule has 1 N–H and O–H groups in total. The fourth-order valence-corrected chi connectivity index (χ4v) is 5.55. The van der Waals surface area contributed by atoms with Gasteiger partial charge in [0.15, 0.2) is 11.5 Å². The molecule has 0 aliphatic carbocycles. The monoisotopic (exact) mass is 483 g/mol. The maximum Gasteiger partial charge on any atom is 0.262 e. The molecule has 0 fully saturated rings. The van der Waals surface area contributed by atoms with Crippen molar-refractivity contribution in [3.63, 3.8) is 0 Å². The van der Waals surface area contributed by atoms with Crippen molar-refractivity contribution in [1.29, 1.82) is 0 Å². The van der Waals surface area contributed by atoms with Gasteiger partial charge >= 0.3 is 0 Å². The van der Waals surface area contributed by atoms with E-state index in [2.05, 4.69) is 29.0 Å². The zero-order valence-corrected chi connectivity index (χ0v) is 20.1. The predicted octanol–water partition coefficient (Wildman–Crippen LogP) is 6.42. The smallest absolute Gasteiger partial charge is 0.262 e. The Balaban J connectivity index is 1.36. The lowest BCUT2D eigenvalue weighted by molar-refractivity contribution is 0.298. The molecule has 0 spiro atoms. The first kappa shape index (κ1) is 22.7. The predicted molar refractivity (Wildman–Crippen MR) is 141 cm³/mol. The Kier molecular flexibility index (Phi) is 6.29. The Morgan fingerprint density at radius 2 is 1.37 bits per heavy atom. The Morgan fingerprint density at radius 1 is 0.714 bits per heavy atom. The topological polar surface area (TPSA) is 64.6 Å². The second-order valence-corrected chi connectivity index (χ2v) is 9.84. The van der Waals surface area contributed by atoms with Crippen LogP contribution in [0.1, 0.15) is 5.56 Å². The van der Waals surface area contributed by atoms with Gasteiger partial charge in [0.25, 0.3) is 10.0 Å². The summed E-state index contributed by atoms with van der Waals surface area (Å²) >= 11 is 0. The lowest BCUT2D eigenvalue weighted by atomic mass is 10.0. The van der Waals surface area contributed by atoms with Crippen molar-refractivity contribution in [3.8, 4) is 11.5 Å². The van der Waals surface area contributed by atoms with E-state index >= 15 is 0 Å². The standard InChI is InChI=1S/C29H25NO4S/c1-33-27-17-16-24(30-35(31,32)29-15-7-12-22-9-3-5-14-26(22)29)20-28(27)34-19-18-23-11-6-10-21-8-2-4-13-25(21)23/h2-17,20,30H,18-19H2,1H3. The lowest BCUT2D eigenvalue weighted by Crippen LogP contribution is -2.13. The number of nitrogens with one attached hydrogen (secondary N) is 1. The Morgan fingerprint density at radius 3 is 2.14 bits per heavy atom. The molecule has 0 radical (unpaired) electrons. The van der Waals surface area contributed by atoms with E-state index in [1.54, 1.807) is 43.5 Å². The molecule has 0 heterocycles. The number of fused-ring (bicyclic) bond motifs is 2. The van der Waals surface area contributed by atoms with E-state index in [1.807, 2.05) is 42.5 Å². The molecule has 0 aromatic heterocycles. The van der Waals surface area contributed by atoms with Crippen molar-refractivity contribution in [1.82, 2.24) is 0 Å². The van der Waals surface area contributed by atoms with Crippen LogP contribution in [0.25, 0.3) is 21.5 Å². The van der Waals surface area contributed by atoms with Crippen LogP contribution in [0.5, 0.6) is 11.5 Å². The van der Waals surface area contributed by atoms with Gasteiger partial charge in [-0.15, -0.1) is 0 Å². The van der Waals surface area contributed by atoms with Gasteiger partial charge < -0.3 is 9.47 Å². The molecule has 0 bridgehead atoms. The van der Waals surface area contributed by atoms with Gasteiger partial charge in [-0.05, 0) is 39.9 Å². The van der Waals surface area contributed by atoms with Crippen LogP contribution >= 0.6 is 0 Å². The normalized spacial score (nSPS) is 11.5. The maximum atomic E-state index is 13.2.